The van der Waals surface area contributed by atoms with Gasteiger partial charge in [0.15, 0.2) is 6.10 Å². The van der Waals surface area contributed by atoms with E-state index in [0.29, 0.717) is 5.57 Å². The summed E-state index contributed by atoms with van der Waals surface area (Å²) in [7, 11) is 0. The Hall–Kier alpha value is -1.09. The molecule has 0 aromatic carbocycles. The summed E-state index contributed by atoms with van der Waals surface area (Å²) < 4.78 is 0. The predicted octanol–water partition coefficient (Wildman–Crippen LogP) is 1.38. The first-order valence-corrected chi connectivity index (χ1v) is 4.31. The van der Waals surface area contributed by atoms with E-state index in [-0.39, 0.29) is 0 Å². The number of nitrogens with two attached hydrogens (primary N) is 1. The highest BCUT2D eigenvalue weighted by Gasteiger charge is 2.12. The number of aliphatic hydroxyl groups is 1. The molecule has 0 aliphatic carbocycles. The first kappa shape index (κ1) is 14.4. The fourth-order valence-electron chi connectivity index (χ4n) is 0.552. The molecule has 0 heterocycles. The van der Waals surface area contributed by atoms with Gasteiger partial charge in [0, 0.05) is 0 Å². The molecule has 0 bridgehead atoms. The standard InChI is InChI=1S/C7H11NO2.C3H8/c1-3-5(4-2)6(9)7(8)10;1-3-2/h3-4,6,9H,1H2,2H3,(H2,8,10);3H2,1-2H3/b5-4+;. The Morgan fingerprint density at radius 3 is 2.08 bits per heavy atom. The molecule has 0 saturated carbocycles. The van der Waals surface area contributed by atoms with Gasteiger partial charge in [0.05, 0.1) is 0 Å². The minimum Gasteiger partial charge on any atom is -0.379 e. The molecule has 0 spiro atoms. The van der Waals surface area contributed by atoms with Crippen molar-refractivity contribution in [3.8, 4) is 0 Å². The number of primary amides is 1. The van der Waals surface area contributed by atoms with Gasteiger partial charge in [0.25, 0.3) is 5.91 Å². The Bertz CT molecular complexity index is 185. The third-order valence-electron chi connectivity index (χ3n) is 1.15. The molecule has 3 nitrogen and oxygen atoms in total. The van der Waals surface area contributed by atoms with Crippen LogP contribution >= 0.6 is 0 Å². The van der Waals surface area contributed by atoms with Gasteiger partial charge >= 0.3 is 0 Å². The molecule has 1 unspecified atom stereocenters. The average molecular weight is 185 g/mol. The number of amides is 1. The van der Waals surface area contributed by atoms with Gasteiger partial charge in [-0.25, -0.2) is 0 Å². The van der Waals surface area contributed by atoms with Crippen LogP contribution in [0.2, 0.25) is 0 Å². The van der Waals surface area contributed by atoms with Gasteiger partial charge in [-0.2, -0.15) is 0 Å². The van der Waals surface area contributed by atoms with Crippen molar-refractivity contribution >= 4 is 5.91 Å². The lowest BCUT2D eigenvalue weighted by Gasteiger charge is -2.05. The first-order valence-electron chi connectivity index (χ1n) is 4.31. The van der Waals surface area contributed by atoms with E-state index < -0.39 is 12.0 Å². The summed E-state index contributed by atoms with van der Waals surface area (Å²) in [6.45, 7) is 9.35. The number of allylic oxidation sites excluding steroid dienone is 1. The van der Waals surface area contributed by atoms with Crippen molar-refractivity contribution in [2.45, 2.75) is 33.3 Å². The number of rotatable bonds is 3. The van der Waals surface area contributed by atoms with Crippen LogP contribution in [0.25, 0.3) is 0 Å². The van der Waals surface area contributed by atoms with Gasteiger partial charge < -0.3 is 10.8 Å². The second-order valence-corrected chi connectivity index (χ2v) is 2.50. The molecule has 0 rings (SSSR count). The highest BCUT2D eigenvalue weighted by molar-refractivity contribution is 5.82. The van der Waals surface area contributed by atoms with Gasteiger partial charge in [-0.05, 0) is 12.5 Å². The minimum absolute atomic E-state index is 0.438. The molecule has 13 heavy (non-hydrogen) atoms. The molecular weight excluding hydrogens is 166 g/mol. The van der Waals surface area contributed by atoms with Crippen molar-refractivity contribution in [1.29, 1.82) is 0 Å². The zero-order chi connectivity index (χ0) is 10.9. The van der Waals surface area contributed by atoms with Crippen molar-refractivity contribution < 1.29 is 9.90 Å². The number of hydrogen-bond donors (Lipinski definition) is 2. The van der Waals surface area contributed by atoms with Crippen molar-refractivity contribution in [2.75, 3.05) is 0 Å². The van der Waals surface area contributed by atoms with Crippen LogP contribution in [0.15, 0.2) is 24.3 Å². The maximum Gasteiger partial charge on any atom is 0.250 e. The third-order valence-corrected chi connectivity index (χ3v) is 1.15. The van der Waals surface area contributed by atoms with Crippen molar-refractivity contribution in [3.63, 3.8) is 0 Å². The molecule has 0 aliphatic heterocycles. The molecule has 3 N–H and O–H groups in total. The largest absolute Gasteiger partial charge is 0.379 e. The van der Waals surface area contributed by atoms with Gasteiger partial charge in [0.2, 0.25) is 0 Å². The summed E-state index contributed by atoms with van der Waals surface area (Å²) in [4.78, 5) is 10.3. The third kappa shape index (κ3) is 7.28. The highest BCUT2D eigenvalue weighted by atomic mass is 16.3. The normalized spacial score (nSPS) is 12.5. The number of hydrogen-bond acceptors (Lipinski definition) is 2. The fraction of sp³-hybridized carbons (Fsp3) is 0.500. The van der Waals surface area contributed by atoms with Crippen molar-refractivity contribution in [1.82, 2.24) is 0 Å². The predicted molar refractivity (Wildman–Crippen MR) is 55.1 cm³/mol. The summed E-state index contributed by atoms with van der Waals surface area (Å²) in [5.41, 5.74) is 5.25. The van der Waals surface area contributed by atoms with Crippen LogP contribution in [0.4, 0.5) is 0 Å². The van der Waals surface area contributed by atoms with E-state index in [1.165, 1.54) is 12.5 Å². The summed E-state index contributed by atoms with van der Waals surface area (Å²) in [6, 6.07) is 0. The van der Waals surface area contributed by atoms with Gasteiger partial charge in [0.1, 0.15) is 0 Å². The first-order chi connectivity index (χ1) is 6.04. The highest BCUT2D eigenvalue weighted by Crippen LogP contribution is 2.01. The Morgan fingerprint density at radius 2 is 2.00 bits per heavy atom. The second kappa shape index (κ2) is 9.00. The van der Waals surface area contributed by atoms with E-state index in [4.69, 9.17) is 10.8 Å². The van der Waals surface area contributed by atoms with Gasteiger partial charge in [-0.15, -0.1) is 0 Å². The average Bonchev–Trinajstić information content (AvgIpc) is 2.07. The quantitative estimate of drug-likeness (QED) is 0.652. The SMILES string of the molecule is C=C/C(=C\C)C(O)C(N)=O.CCC. The summed E-state index contributed by atoms with van der Waals surface area (Å²) in [5, 5.41) is 8.97. The molecule has 76 valence electrons. The molecule has 0 radical (unpaired) electrons. The Kier molecular flexibility index (Phi) is 10.00. The molecule has 1 atom stereocenters. The molecular formula is C10H19NO2. The minimum atomic E-state index is -1.22. The number of carbonyl (C=O) groups excluding carboxylic acids is 1. The fourth-order valence-corrected chi connectivity index (χ4v) is 0.552. The van der Waals surface area contributed by atoms with Crippen molar-refractivity contribution in [3.05, 3.63) is 24.3 Å². The zero-order valence-electron chi connectivity index (χ0n) is 8.58. The molecule has 0 aliphatic rings. The summed E-state index contributed by atoms with van der Waals surface area (Å²) in [5.74, 6) is -0.756. The topological polar surface area (TPSA) is 63.3 Å². The Labute approximate surface area is 79.9 Å². The van der Waals surface area contributed by atoms with Crippen LogP contribution in [0.3, 0.4) is 0 Å². The lowest BCUT2D eigenvalue weighted by molar-refractivity contribution is -0.124. The summed E-state index contributed by atoms with van der Waals surface area (Å²) >= 11 is 0. The van der Waals surface area contributed by atoms with Crippen LogP contribution in [0, 0.1) is 0 Å². The molecule has 0 fully saturated rings. The molecule has 0 saturated heterocycles. The lowest BCUT2D eigenvalue weighted by Crippen LogP contribution is -2.29. The monoisotopic (exact) mass is 185 g/mol. The van der Waals surface area contributed by atoms with Crippen LogP contribution in [-0.2, 0) is 4.79 Å². The summed E-state index contributed by atoms with van der Waals surface area (Å²) in [6.07, 6.45) is 3.01. The van der Waals surface area contributed by atoms with Crippen LogP contribution in [0.1, 0.15) is 27.2 Å². The van der Waals surface area contributed by atoms with Gasteiger partial charge in [-0.3, -0.25) is 4.79 Å². The maximum atomic E-state index is 10.3. The molecule has 0 aromatic heterocycles. The smallest absolute Gasteiger partial charge is 0.250 e. The van der Waals surface area contributed by atoms with E-state index in [2.05, 4.69) is 20.4 Å². The molecule has 3 heteroatoms. The Balaban J connectivity index is 0. The van der Waals surface area contributed by atoms with E-state index in [9.17, 15) is 4.79 Å². The van der Waals surface area contributed by atoms with Crippen LogP contribution in [-0.4, -0.2) is 17.1 Å². The lowest BCUT2D eigenvalue weighted by atomic mass is 10.1. The zero-order valence-corrected chi connectivity index (χ0v) is 8.58. The number of aliphatic hydroxyl groups excluding tert-OH is 1. The Morgan fingerprint density at radius 1 is 1.62 bits per heavy atom. The maximum absolute atomic E-state index is 10.3. The molecule has 0 aromatic rings. The second-order valence-electron chi connectivity index (χ2n) is 2.50. The van der Waals surface area contributed by atoms with E-state index in [0.717, 1.165) is 0 Å². The van der Waals surface area contributed by atoms with E-state index in [1.807, 2.05) is 0 Å². The van der Waals surface area contributed by atoms with E-state index in [1.54, 1.807) is 13.0 Å². The van der Waals surface area contributed by atoms with Crippen LogP contribution < -0.4 is 5.73 Å². The number of carbonyl (C=O) groups is 1. The van der Waals surface area contributed by atoms with Crippen LogP contribution in [0.5, 0.6) is 0 Å². The van der Waals surface area contributed by atoms with E-state index >= 15 is 0 Å². The van der Waals surface area contributed by atoms with Crippen molar-refractivity contribution in [2.24, 2.45) is 5.73 Å². The van der Waals surface area contributed by atoms with Gasteiger partial charge in [-0.1, -0.05) is 39.0 Å². The molecule has 1 amide bonds.